The van der Waals surface area contributed by atoms with E-state index in [9.17, 15) is 4.79 Å². The SMILES string of the molecule is Cc1nn(C)c(C)c1[C@H]1OCC[C@@H]1NC(=O)[C@@H]1C[C@H]1c1ccco1. The Hall–Kier alpha value is -2.08. The molecule has 0 bridgehead atoms. The van der Waals surface area contributed by atoms with E-state index in [1.54, 1.807) is 6.26 Å². The number of carbonyl (C=O) groups is 1. The van der Waals surface area contributed by atoms with Gasteiger partial charge >= 0.3 is 0 Å². The summed E-state index contributed by atoms with van der Waals surface area (Å²) >= 11 is 0. The first-order chi connectivity index (χ1) is 11.6. The second kappa shape index (κ2) is 5.77. The Kier molecular flexibility index (Phi) is 3.72. The largest absolute Gasteiger partial charge is 0.469 e. The van der Waals surface area contributed by atoms with Gasteiger partial charge in [-0.25, -0.2) is 0 Å². The van der Waals surface area contributed by atoms with E-state index in [-0.39, 0.29) is 29.9 Å². The lowest BCUT2D eigenvalue weighted by Gasteiger charge is -2.20. The van der Waals surface area contributed by atoms with Crippen LogP contribution in [0.4, 0.5) is 0 Å². The summed E-state index contributed by atoms with van der Waals surface area (Å²) in [5.74, 6) is 1.26. The maximum atomic E-state index is 12.6. The first kappa shape index (κ1) is 15.4. The molecule has 1 aliphatic heterocycles. The molecule has 2 fully saturated rings. The van der Waals surface area contributed by atoms with Gasteiger partial charge in [0.2, 0.25) is 5.91 Å². The van der Waals surface area contributed by atoms with Crippen LogP contribution in [0.2, 0.25) is 0 Å². The van der Waals surface area contributed by atoms with Crippen LogP contribution in [0.1, 0.15) is 47.6 Å². The Labute approximate surface area is 141 Å². The van der Waals surface area contributed by atoms with Gasteiger partial charge in [-0.3, -0.25) is 9.48 Å². The van der Waals surface area contributed by atoms with Gasteiger partial charge in [0.25, 0.3) is 0 Å². The summed E-state index contributed by atoms with van der Waals surface area (Å²) in [6.45, 7) is 4.70. The van der Waals surface area contributed by atoms with Crippen LogP contribution in [-0.2, 0) is 16.6 Å². The topological polar surface area (TPSA) is 69.3 Å². The molecule has 1 aliphatic carbocycles. The van der Waals surface area contributed by atoms with Gasteiger partial charge in [-0.05, 0) is 38.8 Å². The smallest absolute Gasteiger partial charge is 0.224 e. The number of amides is 1. The highest BCUT2D eigenvalue weighted by Crippen LogP contribution is 2.48. The highest BCUT2D eigenvalue weighted by molar-refractivity contribution is 5.83. The maximum Gasteiger partial charge on any atom is 0.224 e. The van der Waals surface area contributed by atoms with Crippen LogP contribution in [0.15, 0.2) is 22.8 Å². The molecule has 4 rings (SSSR count). The van der Waals surface area contributed by atoms with Crippen LogP contribution in [-0.4, -0.2) is 28.3 Å². The highest BCUT2D eigenvalue weighted by Gasteiger charge is 2.47. The summed E-state index contributed by atoms with van der Waals surface area (Å²) in [7, 11) is 1.94. The minimum atomic E-state index is -0.108. The monoisotopic (exact) mass is 329 g/mol. The number of rotatable bonds is 4. The number of furan rings is 1. The molecule has 0 unspecified atom stereocenters. The van der Waals surface area contributed by atoms with Gasteiger partial charge < -0.3 is 14.5 Å². The minimum Gasteiger partial charge on any atom is -0.469 e. The number of hydrogen-bond acceptors (Lipinski definition) is 4. The molecule has 2 aliphatic rings. The Morgan fingerprint density at radius 1 is 1.42 bits per heavy atom. The third kappa shape index (κ3) is 2.55. The van der Waals surface area contributed by atoms with Gasteiger partial charge in [0, 0.05) is 36.7 Å². The number of carbonyl (C=O) groups excluding carboxylic acids is 1. The molecule has 128 valence electrons. The number of ether oxygens (including phenoxy) is 1. The molecule has 1 N–H and O–H groups in total. The maximum absolute atomic E-state index is 12.6. The standard InChI is InChI=1S/C18H23N3O3/c1-10-16(11(2)21(3)20-10)17-14(6-8-24-17)19-18(22)13-9-12(13)15-5-4-7-23-15/h4-5,7,12-14,17H,6,8-9H2,1-3H3,(H,19,22)/t12-,13-,14+,17+/m1/s1. The average Bonchev–Trinajstić information content (AvgIpc) is 2.86. The highest BCUT2D eigenvalue weighted by atomic mass is 16.5. The molecular formula is C18H23N3O3. The fraction of sp³-hybridized carbons (Fsp3) is 0.556. The van der Waals surface area contributed by atoms with Crippen molar-refractivity contribution in [2.24, 2.45) is 13.0 Å². The number of aryl methyl sites for hydroxylation is 2. The molecule has 0 aromatic carbocycles. The molecule has 0 spiro atoms. The van der Waals surface area contributed by atoms with Crippen LogP contribution in [0.5, 0.6) is 0 Å². The number of nitrogens with one attached hydrogen (secondary N) is 1. The normalized spacial score (nSPS) is 29.0. The summed E-state index contributed by atoms with van der Waals surface area (Å²) in [6, 6.07) is 3.83. The van der Waals surface area contributed by atoms with Crippen molar-refractivity contribution in [3.05, 3.63) is 41.1 Å². The molecule has 2 aromatic heterocycles. The van der Waals surface area contributed by atoms with Gasteiger partial charge in [-0.15, -0.1) is 0 Å². The Bertz CT molecular complexity index is 750. The Morgan fingerprint density at radius 2 is 2.25 bits per heavy atom. The summed E-state index contributed by atoms with van der Waals surface area (Å²) < 4.78 is 13.2. The molecule has 4 atom stereocenters. The van der Waals surface area contributed by atoms with Crippen LogP contribution in [0.25, 0.3) is 0 Å². The van der Waals surface area contributed by atoms with E-state index in [1.165, 1.54) is 0 Å². The van der Waals surface area contributed by atoms with Crippen LogP contribution in [0, 0.1) is 19.8 Å². The molecule has 3 heterocycles. The zero-order chi connectivity index (χ0) is 16.8. The molecule has 6 heteroatoms. The third-order valence-electron chi connectivity index (χ3n) is 5.30. The summed E-state index contributed by atoms with van der Waals surface area (Å²) in [6.07, 6.45) is 3.26. The van der Waals surface area contributed by atoms with E-state index in [4.69, 9.17) is 9.15 Å². The van der Waals surface area contributed by atoms with Crippen molar-refractivity contribution in [3.63, 3.8) is 0 Å². The van der Waals surface area contributed by atoms with E-state index >= 15 is 0 Å². The lowest BCUT2D eigenvalue weighted by Crippen LogP contribution is -2.38. The molecule has 24 heavy (non-hydrogen) atoms. The second-order valence-electron chi connectivity index (χ2n) is 6.87. The van der Waals surface area contributed by atoms with Crippen molar-refractivity contribution in [1.29, 1.82) is 0 Å². The van der Waals surface area contributed by atoms with E-state index in [2.05, 4.69) is 10.4 Å². The molecular weight excluding hydrogens is 306 g/mol. The summed E-state index contributed by atoms with van der Waals surface area (Å²) in [5, 5.41) is 7.68. The van der Waals surface area contributed by atoms with Gasteiger partial charge in [0.05, 0.1) is 18.0 Å². The fourth-order valence-electron chi connectivity index (χ4n) is 3.81. The molecule has 1 amide bonds. The molecule has 0 radical (unpaired) electrons. The van der Waals surface area contributed by atoms with Gasteiger partial charge in [0.1, 0.15) is 11.9 Å². The second-order valence-corrected chi connectivity index (χ2v) is 6.87. The van der Waals surface area contributed by atoms with Crippen molar-refractivity contribution in [3.8, 4) is 0 Å². The molecule has 6 nitrogen and oxygen atoms in total. The third-order valence-corrected chi connectivity index (χ3v) is 5.30. The number of nitrogens with zero attached hydrogens (tertiary/aromatic N) is 2. The molecule has 2 aromatic rings. The first-order valence-corrected chi connectivity index (χ1v) is 8.51. The van der Waals surface area contributed by atoms with Crippen molar-refractivity contribution in [2.75, 3.05) is 6.61 Å². The van der Waals surface area contributed by atoms with Gasteiger partial charge in [-0.2, -0.15) is 5.10 Å². The van der Waals surface area contributed by atoms with Gasteiger partial charge in [0.15, 0.2) is 0 Å². The minimum absolute atomic E-state index is 0.0111. The zero-order valence-electron chi connectivity index (χ0n) is 14.3. The van der Waals surface area contributed by atoms with E-state index < -0.39 is 0 Å². The predicted molar refractivity (Wildman–Crippen MR) is 87.5 cm³/mol. The quantitative estimate of drug-likeness (QED) is 0.935. The predicted octanol–water partition coefficient (Wildman–Crippen LogP) is 2.38. The van der Waals surface area contributed by atoms with Crippen LogP contribution in [0.3, 0.4) is 0 Å². The Balaban J connectivity index is 1.45. The lowest BCUT2D eigenvalue weighted by atomic mass is 10.00. The van der Waals surface area contributed by atoms with E-state index in [0.717, 1.165) is 35.6 Å². The van der Waals surface area contributed by atoms with Gasteiger partial charge in [-0.1, -0.05) is 0 Å². The number of hydrogen-bond donors (Lipinski definition) is 1. The van der Waals surface area contributed by atoms with Crippen molar-refractivity contribution < 1.29 is 13.9 Å². The summed E-state index contributed by atoms with van der Waals surface area (Å²) in [4.78, 5) is 12.6. The van der Waals surface area contributed by atoms with E-state index in [0.29, 0.717) is 6.61 Å². The van der Waals surface area contributed by atoms with Crippen molar-refractivity contribution >= 4 is 5.91 Å². The molecule has 1 saturated carbocycles. The lowest BCUT2D eigenvalue weighted by molar-refractivity contribution is -0.123. The summed E-state index contributed by atoms with van der Waals surface area (Å²) in [5.41, 5.74) is 3.18. The van der Waals surface area contributed by atoms with Crippen molar-refractivity contribution in [1.82, 2.24) is 15.1 Å². The van der Waals surface area contributed by atoms with Crippen LogP contribution < -0.4 is 5.32 Å². The Morgan fingerprint density at radius 3 is 2.92 bits per heavy atom. The average molecular weight is 329 g/mol. The van der Waals surface area contributed by atoms with Crippen LogP contribution >= 0.6 is 0 Å². The first-order valence-electron chi connectivity index (χ1n) is 8.51. The van der Waals surface area contributed by atoms with Crippen molar-refractivity contribution in [2.45, 2.75) is 44.8 Å². The van der Waals surface area contributed by atoms with E-state index in [1.807, 2.05) is 37.7 Å². The molecule has 1 saturated heterocycles. The fourth-order valence-corrected chi connectivity index (χ4v) is 3.81. The number of aromatic nitrogens is 2. The zero-order valence-corrected chi connectivity index (χ0v) is 14.3.